The summed E-state index contributed by atoms with van der Waals surface area (Å²) in [7, 11) is 1.65. The second-order valence-electron chi connectivity index (χ2n) is 4.71. The van der Waals surface area contributed by atoms with E-state index >= 15 is 0 Å². The van der Waals surface area contributed by atoms with E-state index in [4.69, 9.17) is 5.11 Å². The Balaban J connectivity index is 3.13. The van der Waals surface area contributed by atoms with Gasteiger partial charge < -0.3 is 10.0 Å². The highest BCUT2D eigenvalue weighted by molar-refractivity contribution is 6.09. The highest BCUT2D eigenvalue weighted by atomic mass is 16.4. The van der Waals surface area contributed by atoms with Crippen molar-refractivity contribution in [2.75, 3.05) is 11.9 Å². The van der Waals surface area contributed by atoms with Crippen LogP contribution in [0.15, 0.2) is 29.3 Å². The molecule has 4 nitrogen and oxygen atoms in total. The lowest BCUT2D eigenvalue weighted by molar-refractivity contribution is -0.133. The van der Waals surface area contributed by atoms with Gasteiger partial charge >= 0.3 is 5.97 Å². The average molecular weight is 261 g/mol. The van der Waals surface area contributed by atoms with Gasteiger partial charge in [-0.2, -0.15) is 0 Å². The maximum Gasteiger partial charge on any atom is 0.331 e. The van der Waals surface area contributed by atoms with Gasteiger partial charge in [0.1, 0.15) is 0 Å². The lowest BCUT2D eigenvalue weighted by Crippen LogP contribution is -2.28. The van der Waals surface area contributed by atoms with Crippen molar-refractivity contribution in [1.82, 2.24) is 0 Å². The number of likely N-dealkylation sites (N-methyl/N-ethyl adjacent to an activating group) is 1. The lowest BCUT2D eigenvalue weighted by Gasteiger charge is -2.20. The van der Waals surface area contributed by atoms with Crippen LogP contribution < -0.4 is 4.90 Å². The van der Waals surface area contributed by atoms with E-state index in [1.54, 1.807) is 7.05 Å². The number of hydrogen-bond acceptors (Lipinski definition) is 2. The summed E-state index contributed by atoms with van der Waals surface area (Å²) in [6, 6.07) is 5.78. The van der Waals surface area contributed by atoms with Crippen molar-refractivity contribution in [3.8, 4) is 0 Å². The van der Waals surface area contributed by atoms with Crippen LogP contribution >= 0.6 is 0 Å². The van der Waals surface area contributed by atoms with Crippen LogP contribution in [0.5, 0.6) is 0 Å². The number of hydrogen-bond donors (Lipinski definition) is 1. The van der Waals surface area contributed by atoms with Gasteiger partial charge in [-0.05, 0) is 39.3 Å². The molecule has 0 heterocycles. The van der Waals surface area contributed by atoms with Crippen molar-refractivity contribution in [3.63, 3.8) is 0 Å². The third-order valence-electron chi connectivity index (χ3n) is 3.22. The Kier molecular flexibility index (Phi) is 4.48. The second kappa shape index (κ2) is 5.69. The zero-order chi connectivity index (χ0) is 14.7. The Morgan fingerprint density at radius 3 is 2.16 bits per heavy atom. The van der Waals surface area contributed by atoms with Crippen molar-refractivity contribution in [2.45, 2.75) is 27.7 Å². The third-order valence-corrected chi connectivity index (χ3v) is 3.22. The first-order chi connectivity index (χ1) is 8.75. The smallest absolute Gasteiger partial charge is 0.331 e. The first-order valence-corrected chi connectivity index (χ1v) is 6.01. The fraction of sp³-hybridized carbons (Fsp3) is 0.333. The summed E-state index contributed by atoms with van der Waals surface area (Å²) in [4.78, 5) is 24.6. The van der Waals surface area contributed by atoms with Crippen molar-refractivity contribution >= 4 is 17.6 Å². The molecule has 1 aromatic rings. The summed E-state index contributed by atoms with van der Waals surface area (Å²) < 4.78 is 0. The minimum absolute atomic E-state index is 0.0709. The predicted octanol–water partition coefficient (Wildman–Crippen LogP) is 2.69. The first-order valence-electron chi connectivity index (χ1n) is 6.01. The molecule has 0 atom stereocenters. The van der Waals surface area contributed by atoms with Gasteiger partial charge in [-0.15, -0.1) is 0 Å². The number of carboxylic acids is 1. The van der Waals surface area contributed by atoms with Gasteiger partial charge in [0.2, 0.25) is 0 Å². The molecule has 0 fully saturated rings. The lowest BCUT2D eigenvalue weighted by atomic mass is 10.1. The third kappa shape index (κ3) is 3.22. The van der Waals surface area contributed by atoms with Crippen molar-refractivity contribution in [3.05, 3.63) is 40.5 Å². The Labute approximate surface area is 113 Å². The van der Waals surface area contributed by atoms with Crippen LogP contribution in [0.4, 0.5) is 5.69 Å². The van der Waals surface area contributed by atoms with E-state index in [1.165, 1.54) is 18.7 Å². The normalized spacial score (nSPS) is 11.8. The minimum atomic E-state index is -1.07. The number of aliphatic carboxylic acids is 1. The van der Waals surface area contributed by atoms with E-state index in [1.807, 2.05) is 32.0 Å². The molecule has 19 heavy (non-hydrogen) atoms. The Morgan fingerprint density at radius 2 is 1.68 bits per heavy atom. The molecule has 0 aliphatic carbocycles. The molecule has 0 saturated carbocycles. The fourth-order valence-corrected chi connectivity index (χ4v) is 1.86. The first kappa shape index (κ1) is 15.0. The molecule has 0 unspecified atom stereocenters. The van der Waals surface area contributed by atoms with E-state index in [-0.39, 0.29) is 17.1 Å². The van der Waals surface area contributed by atoms with Gasteiger partial charge in [0.25, 0.3) is 5.91 Å². The SMILES string of the molecule is CC(C(=O)O)=C(C)C(=O)N(C)c1ccc(C)cc1C. The topological polar surface area (TPSA) is 57.6 Å². The summed E-state index contributed by atoms with van der Waals surface area (Å²) in [5, 5.41) is 8.92. The fourth-order valence-electron chi connectivity index (χ4n) is 1.86. The molecule has 0 aromatic heterocycles. The Bertz CT molecular complexity index is 559. The number of carbonyl (C=O) groups is 2. The number of amides is 1. The second-order valence-corrected chi connectivity index (χ2v) is 4.71. The van der Waals surface area contributed by atoms with Crippen molar-refractivity contribution in [1.29, 1.82) is 0 Å². The Morgan fingerprint density at radius 1 is 1.11 bits per heavy atom. The van der Waals surface area contributed by atoms with Gasteiger partial charge in [0.05, 0.1) is 0 Å². The monoisotopic (exact) mass is 261 g/mol. The molecule has 1 aromatic carbocycles. The van der Waals surface area contributed by atoms with E-state index in [0.29, 0.717) is 0 Å². The van der Waals surface area contributed by atoms with Gasteiger partial charge in [-0.1, -0.05) is 17.7 Å². The van der Waals surface area contributed by atoms with Gasteiger partial charge in [-0.3, -0.25) is 4.79 Å². The largest absolute Gasteiger partial charge is 0.478 e. The van der Waals surface area contributed by atoms with E-state index in [0.717, 1.165) is 16.8 Å². The molecular formula is C15H19NO3. The molecule has 0 radical (unpaired) electrons. The van der Waals surface area contributed by atoms with Crippen LogP contribution in [0.1, 0.15) is 25.0 Å². The number of carboxylic acid groups (broad SMARTS) is 1. The Hall–Kier alpha value is -2.10. The molecule has 1 rings (SSSR count). The highest BCUT2D eigenvalue weighted by Crippen LogP contribution is 2.22. The zero-order valence-corrected chi connectivity index (χ0v) is 11.9. The van der Waals surface area contributed by atoms with Crippen LogP contribution in [0.3, 0.4) is 0 Å². The standard InChI is InChI=1S/C15H19NO3/c1-9-6-7-13(10(2)8-9)16(5)14(17)11(3)12(4)15(18)19/h6-8H,1-5H3,(H,18,19). The van der Waals surface area contributed by atoms with E-state index in [2.05, 4.69) is 0 Å². The number of rotatable bonds is 3. The van der Waals surface area contributed by atoms with Crippen molar-refractivity contribution < 1.29 is 14.7 Å². The zero-order valence-electron chi connectivity index (χ0n) is 11.9. The summed E-state index contributed by atoms with van der Waals surface area (Å²) in [6.45, 7) is 6.88. The average Bonchev–Trinajstić information content (AvgIpc) is 2.35. The number of aryl methyl sites for hydroxylation is 2. The summed E-state index contributed by atoms with van der Waals surface area (Å²) in [6.07, 6.45) is 0. The van der Waals surface area contributed by atoms with Crippen molar-refractivity contribution in [2.24, 2.45) is 0 Å². The molecule has 0 saturated heterocycles. The van der Waals surface area contributed by atoms with Crippen LogP contribution in [0.2, 0.25) is 0 Å². The summed E-state index contributed by atoms with van der Waals surface area (Å²) >= 11 is 0. The van der Waals surface area contributed by atoms with Gasteiger partial charge in [0.15, 0.2) is 0 Å². The molecular weight excluding hydrogens is 242 g/mol. The number of nitrogens with zero attached hydrogens (tertiary/aromatic N) is 1. The highest BCUT2D eigenvalue weighted by Gasteiger charge is 2.18. The summed E-state index contributed by atoms with van der Waals surface area (Å²) in [5.74, 6) is -1.37. The van der Waals surface area contributed by atoms with Crippen LogP contribution in [-0.4, -0.2) is 24.0 Å². The van der Waals surface area contributed by atoms with Crippen LogP contribution in [-0.2, 0) is 9.59 Å². The molecule has 0 bridgehead atoms. The quantitative estimate of drug-likeness (QED) is 0.851. The molecule has 1 N–H and O–H groups in total. The predicted molar refractivity (Wildman–Crippen MR) is 75.3 cm³/mol. The number of carbonyl (C=O) groups excluding carboxylic acids is 1. The minimum Gasteiger partial charge on any atom is -0.478 e. The molecule has 102 valence electrons. The van der Waals surface area contributed by atoms with Crippen LogP contribution in [0.25, 0.3) is 0 Å². The van der Waals surface area contributed by atoms with Crippen LogP contribution in [0, 0.1) is 13.8 Å². The maximum atomic E-state index is 12.2. The molecule has 0 aliphatic rings. The van der Waals surface area contributed by atoms with Gasteiger partial charge in [0, 0.05) is 23.9 Å². The molecule has 0 aliphatic heterocycles. The molecule has 1 amide bonds. The molecule has 4 heteroatoms. The maximum absolute atomic E-state index is 12.2. The van der Waals surface area contributed by atoms with E-state index in [9.17, 15) is 9.59 Å². The number of anilines is 1. The van der Waals surface area contributed by atoms with Gasteiger partial charge in [-0.25, -0.2) is 4.79 Å². The molecule has 0 spiro atoms. The van der Waals surface area contributed by atoms with E-state index < -0.39 is 5.97 Å². The summed E-state index contributed by atoms with van der Waals surface area (Å²) in [5.41, 5.74) is 3.21. The number of benzene rings is 1.